The van der Waals surface area contributed by atoms with E-state index in [4.69, 9.17) is 9.57 Å². The second-order valence-corrected chi connectivity index (χ2v) is 7.17. The van der Waals surface area contributed by atoms with Crippen LogP contribution in [-0.2, 0) is 16.1 Å². The zero-order valence-corrected chi connectivity index (χ0v) is 16.5. The molecule has 1 atom stereocenters. The van der Waals surface area contributed by atoms with Crippen molar-refractivity contribution < 1.29 is 18.8 Å². The number of benzene rings is 2. The molecule has 1 unspecified atom stereocenters. The first-order valence-corrected chi connectivity index (χ1v) is 10.1. The summed E-state index contributed by atoms with van der Waals surface area (Å²) in [5.41, 5.74) is 2.91. The number of pyridine rings is 1. The van der Waals surface area contributed by atoms with Gasteiger partial charge in [0.15, 0.2) is 6.29 Å². The standard InChI is InChI=1S/C24H23FN2O3/c25-21-11-9-18(10-12-21)17-27(30-23-8-4-5-15-29-23)24(28)22-16-20(13-14-26-22)19-6-2-1-3-7-19/h1-3,6-7,9-14,16,23H,4-5,8,15,17H2. The number of hydrogen-bond acceptors (Lipinski definition) is 4. The summed E-state index contributed by atoms with van der Waals surface area (Å²) >= 11 is 0. The van der Waals surface area contributed by atoms with Gasteiger partial charge in [0.1, 0.15) is 11.5 Å². The number of carbonyl (C=O) groups excluding carboxylic acids is 1. The number of rotatable bonds is 6. The molecule has 1 saturated heterocycles. The smallest absolute Gasteiger partial charge is 0.296 e. The maximum Gasteiger partial charge on any atom is 0.296 e. The Morgan fingerprint density at radius 2 is 1.87 bits per heavy atom. The number of amides is 1. The van der Waals surface area contributed by atoms with Crippen molar-refractivity contribution in [3.05, 3.63) is 90.0 Å². The highest BCUT2D eigenvalue weighted by Crippen LogP contribution is 2.22. The van der Waals surface area contributed by atoms with Crippen LogP contribution in [0.5, 0.6) is 0 Å². The molecule has 2 heterocycles. The molecule has 1 aromatic heterocycles. The van der Waals surface area contributed by atoms with E-state index in [2.05, 4.69) is 4.98 Å². The van der Waals surface area contributed by atoms with Crippen molar-refractivity contribution in [1.29, 1.82) is 0 Å². The summed E-state index contributed by atoms with van der Waals surface area (Å²) in [4.78, 5) is 23.5. The highest BCUT2D eigenvalue weighted by Gasteiger charge is 2.25. The summed E-state index contributed by atoms with van der Waals surface area (Å²) in [6.07, 6.45) is 3.80. The fourth-order valence-electron chi connectivity index (χ4n) is 3.33. The molecule has 0 radical (unpaired) electrons. The van der Waals surface area contributed by atoms with Crippen molar-refractivity contribution in [1.82, 2.24) is 10.0 Å². The fourth-order valence-corrected chi connectivity index (χ4v) is 3.33. The number of carbonyl (C=O) groups is 1. The van der Waals surface area contributed by atoms with E-state index < -0.39 is 6.29 Å². The third kappa shape index (κ3) is 5.09. The largest absolute Gasteiger partial charge is 0.350 e. The summed E-state index contributed by atoms with van der Waals surface area (Å²) in [6, 6.07) is 19.4. The maximum atomic E-state index is 13.3. The third-order valence-electron chi connectivity index (χ3n) is 4.93. The minimum Gasteiger partial charge on any atom is -0.350 e. The first kappa shape index (κ1) is 20.2. The molecule has 0 N–H and O–H groups in total. The molecule has 1 aliphatic heterocycles. The normalized spacial score (nSPS) is 16.2. The van der Waals surface area contributed by atoms with Crippen LogP contribution in [0.1, 0.15) is 35.3 Å². The van der Waals surface area contributed by atoms with E-state index in [9.17, 15) is 9.18 Å². The summed E-state index contributed by atoms with van der Waals surface area (Å²) in [6.45, 7) is 0.765. The Morgan fingerprint density at radius 3 is 2.60 bits per heavy atom. The average Bonchev–Trinajstić information content (AvgIpc) is 2.81. The van der Waals surface area contributed by atoms with Crippen LogP contribution < -0.4 is 0 Å². The molecule has 1 aliphatic rings. The fraction of sp³-hybridized carbons (Fsp3) is 0.250. The van der Waals surface area contributed by atoms with Crippen molar-refractivity contribution in [2.24, 2.45) is 0 Å². The lowest BCUT2D eigenvalue weighted by Gasteiger charge is -2.29. The van der Waals surface area contributed by atoms with Gasteiger partial charge in [-0.2, -0.15) is 0 Å². The van der Waals surface area contributed by atoms with Crippen LogP contribution in [0.3, 0.4) is 0 Å². The van der Waals surface area contributed by atoms with E-state index in [0.29, 0.717) is 13.0 Å². The molecule has 3 aromatic rings. The van der Waals surface area contributed by atoms with Crippen LogP contribution in [0.2, 0.25) is 0 Å². The maximum absolute atomic E-state index is 13.3. The molecule has 0 spiro atoms. The monoisotopic (exact) mass is 406 g/mol. The van der Waals surface area contributed by atoms with E-state index >= 15 is 0 Å². The molecule has 0 bridgehead atoms. The molecule has 0 aliphatic carbocycles. The van der Waals surface area contributed by atoms with E-state index in [-0.39, 0.29) is 24.0 Å². The minimum absolute atomic E-state index is 0.163. The Labute approximate surface area is 175 Å². The number of aromatic nitrogens is 1. The highest BCUT2D eigenvalue weighted by molar-refractivity contribution is 5.92. The van der Waals surface area contributed by atoms with Gasteiger partial charge in [0, 0.05) is 19.2 Å². The summed E-state index contributed by atoms with van der Waals surface area (Å²) in [5.74, 6) is -0.698. The molecule has 0 saturated carbocycles. The molecule has 1 fully saturated rings. The summed E-state index contributed by atoms with van der Waals surface area (Å²) in [7, 11) is 0. The van der Waals surface area contributed by atoms with E-state index in [1.807, 2.05) is 36.4 Å². The minimum atomic E-state index is -0.486. The van der Waals surface area contributed by atoms with Crippen LogP contribution in [0.25, 0.3) is 11.1 Å². The zero-order chi connectivity index (χ0) is 20.8. The van der Waals surface area contributed by atoms with Gasteiger partial charge >= 0.3 is 0 Å². The Bertz CT molecular complexity index is 973. The van der Waals surface area contributed by atoms with Crippen LogP contribution in [0.15, 0.2) is 72.9 Å². The SMILES string of the molecule is O=C(c1cc(-c2ccccc2)ccn1)N(Cc1ccc(F)cc1)OC1CCCCO1. The Hall–Kier alpha value is -3.09. The van der Waals surface area contributed by atoms with Crippen molar-refractivity contribution in [2.75, 3.05) is 6.61 Å². The van der Waals surface area contributed by atoms with Crippen LogP contribution in [0, 0.1) is 5.82 Å². The lowest BCUT2D eigenvalue weighted by Crippen LogP contribution is -2.37. The number of hydroxylamine groups is 2. The van der Waals surface area contributed by atoms with E-state index in [1.54, 1.807) is 24.4 Å². The molecular formula is C24H23FN2O3. The van der Waals surface area contributed by atoms with Gasteiger partial charge in [0.25, 0.3) is 5.91 Å². The second kappa shape index (κ2) is 9.61. The van der Waals surface area contributed by atoms with Gasteiger partial charge in [-0.3, -0.25) is 9.78 Å². The van der Waals surface area contributed by atoms with Gasteiger partial charge in [-0.1, -0.05) is 42.5 Å². The molecule has 5 nitrogen and oxygen atoms in total. The van der Waals surface area contributed by atoms with Gasteiger partial charge in [-0.05, 0) is 53.8 Å². The van der Waals surface area contributed by atoms with Crippen molar-refractivity contribution in [3.8, 4) is 11.1 Å². The molecule has 6 heteroatoms. The van der Waals surface area contributed by atoms with Crippen LogP contribution in [0.4, 0.5) is 4.39 Å². The summed E-state index contributed by atoms with van der Waals surface area (Å²) in [5, 5.41) is 1.26. The topological polar surface area (TPSA) is 51.7 Å². The molecule has 154 valence electrons. The molecule has 1 amide bonds. The van der Waals surface area contributed by atoms with Gasteiger partial charge < -0.3 is 4.74 Å². The Morgan fingerprint density at radius 1 is 1.07 bits per heavy atom. The third-order valence-corrected chi connectivity index (χ3v) is 4.93. The van der Waals surface area contributed by atoms with Crippen molar-refractivity contribution in [3.63, 3.8) is 0 Å². The van der Waals surface area contributed by atoms with Gasteiger partial charge in [-0.15, -0.1) is 0 Å². The lowest BCUT2D eigenvalue weighted by molar-refractivity contribution is -0.270. The van der Waals surface area contributed by atoms with Gasteiger partial charge in [0.2, 0.25) is 0 Å². The number of halogens is 1. The summed E-state index contributed by atoms with van der Waals surface area (Å²) < 4.78 is 18.9. The zero-order valence-electron chi connectivity index (χ0n) is 16.5. The number of nitrogens with zero attached hydrogens (tertiary/aromatic N) is 2. The van der Waals surface area contributed by atoms with Crippen molar-refractivity contribution in [2.45, 2.75) is 32.1 Å². The number of ether oxygens (including phenoxy) is 1. The van der Waals surface area contributed by atoms with Gasteiger partial charge in [0.05, 0.1) is 6.54 Å². The molecule has 2 aromatic carbocycles. The quantitative estimate of drug-likeness (QED) is 0.541. The Balaban J connectivity index is 1.58. The van der Waals surface area contributed by atoms with Crippen LogP contribution in [-0.4, -0.2) is 28.9 Å². The lowest BCUT2D eigenvalue weighted by atomic mass is 10.1. The van der Waals surface area contributed by atoms with Crippen molar-refractivity contribution >= 4 is 5.91 Å². The first-order chi connectivity index (χ1) is 14.7. The van der Waals surface area contributed by atoms with Gasteiger partial charge in [-0.25, -0.2) is 14.3 Å². The van der Waals surface area contributed by atoms with E-state index in [0.717, 1.165) is 29.5 Å². The predicted molar refractivity (Wildman–Crippen MR) is 111 cm³/mol. The highest BCUT2D eigenvalue weighted by atomic mass is 19.1. The molecular weight excluding hydrogens is 383 g/mol. The molecule has 4 rings (SSSR count). The first-order valence-electron chi connectivity index (χ1n) is 10.1. The average molecular weight is 406 g/mol. The van der Waals surface area contributed by atoms with E-state index in [1.165, 1.54) is 17.2 Å². The molecule has 30 heavy (non-hydrogen) atoms. The van der Waals surface area contributed by atoms with Crippen LogP contribution >= 0.6 is 0 Å². The number of hydrogen-bond donors (Lipinski definition) is 0. The Kier molecular flexibility index (Phi) is 6.47. The second-order valence-electron chi connectivity index (χ2n) is 7.17. The predicted octanol–water partition coefficient (Wildman–Crippen LogP) is 4.99.